The Hall–Kier alpha value is -2.27. The molecule has 0 amide bonds. The van der Waals surface area contributed by atoms with E-state index in [0.29, 0.717) is 0 Å². The molecule has 1 aliphatic heterocycles. The normalized spacial score (nSPS) is 17.4. The molecule has 0 fully saturated rings. The molecule has 2 aromatic carbocycles. The molecule has 1 heterocycles. The standard InChI is InChI=1S/C15H6F5NOS/c16-9-3-8(7-21)4-11(5-9)22-10-1-2-12-13(6-10)23-15(19,20)14(12,17)18/h1-6H. The zero-order valence-electron chi connectivity index (χ0n) is 11.1. The van der Waals surface area contributed by atoms with Crippen molar-refractivity contribution in [2.24, 2.45) is 0 Å². The van der Waals surface area contributed by atoms with E-state index in [0.717, 1.165) is 30.3 Å². The third kappa shape index (κ3) is 2.61. The van der Waals surface area contributed by atoms with Crippen LogP contribution in [0.1, 0.15) is 11.1 Å². The van der Waals surface area contributed by atoms with E-state index in [2.05, 4.69) is 0 Å². The van der Waals surface area contributed by atoms with Gasteiger partial charge in [0.05, 0.1) is 11.6 Å². The van der Waals surface area contributed by atoms with E-state index < -0.39 is 22.6 Å². The van der Waals surface area contributed by atoms with Crippen molar-refractivity contribution >= 4 is 11.8 Å². The Labute approximate surface area is 131 Å². The number of ether oxygens (including phenoxy) is 1. The van der Waals surface area contributed by atoms with Crippen molar-refractivity contribution in [2.45, 2.75) is 16.1 Å². The number of rotatable bonds is 2. The maximum atomic E-state index is 13.5. The fourth-order valence-corrected chi connectivity index (χ4v) is 3.09. The van der Waals surface area contributed by atoms with Gasteiger partial charge in [0.15, 0.2) is 0 Å². The van der Waals surface area contributed by atoms with Gasteiger partial charge in [-0.1, -0.05) is 0 Å². The van der Waals surface area contributed by atoms with Crippen LogP contribution in [0.4, 0.5) is 22.0 Å². The van der Waals surface area contributed by atoms with Crippen LogP contribution < -0.4 is 4.74 Å². The largest absolute Gasteiger partial charge is 0.457 e. The summed E-state index contributed by atoms with van der Waals surface area (Å²) in [7, 11) is 0. The summed E-state index contributed by atoms with van der Waals surface area (Å²) in [6, 6.07) is 7.93. The van der Waals surface area contributed by atoms with Gasteiger partial charge in [0.2, 0.25) is 0 Å². The highest BCUT2D eigenvalue weighted by molar-refractivity contribution is 8.00. The molecule has 0 spiro atoms. The summed E-state index contributed by atoms with van der Waals surface area (Å²) in [5.41, 5.74) is -0.773. The van der Waals surface area contributed by atoms with Crippen LogP contribution in [0.15, 0.2) is 41.3 Å². The summed E-state index contributed by atoms with van der Waals surface area (Å²) < 4.78 is 72.3. The Morgan fingerprint density at radius 1 is 1.00 bits per heavy atom. The lowest BCUT2D eigenvalue weighted by Gasteiger charge is -2.17. The Kier molecular flexibility index (Phi) is 3.48. The molecular weight excluding hydrogens is 337 g/mol. The van der Waals surface area contributed by atoms with Crippen molar-refractivity contribution in [3.63, 3.8) is 0 Å². The lowest BCUT2D eigenvalue weighted by Crippen LogP contribution is -2.29. The summed E-state index contributed by atoms with van der Waals surface area (Å²) in [4.78, 5) is -0.311. The van der Waals surface area contributed by atoms with Gasteiger partial charge in [-0.25, -0.2) is 4.39 Å². The van der Waals surface area contributed by atoms with Gasteiger partial charge in [-0.2, -0.15) is 22.8 Å². The second-order valence-electron chi connectivity index (χ2n) is 4.74. The first-order valence-corrected chi connectivity index (χ1v) is 7.02. The summed E-state index contributed by atoms with van der Waals surface area (Å²) in [5.74, 6) is -5.03. The van der Waals surface area contributed by atoms with E-state index in [1.807, 2.05) is 0 Å². The summed E-state index contributed by atoms with van der Waals surface area (Å²) in [5, 5.41) is 4.52. The molecule has 1 aliphatic rings. The van der Waals surface area contributed by atoms with Crippen LogP contribution in [0.2, 0.25) is 0 Å². The van der Waals surface area contributed by atoms with Crippen LogP contribution in [-0.2, 0) is 5.92 Å². The molecule has 23 heavy (non-hydrogen) atoms. The van der Waals surface area contributed by atoms with E-state index in [4.69, 9.17) is 10.00 Å². The first kappa shape index (κ1) is 15.6. The van der Waals surface area contributed by atoms with Crippen LogP contribution >= 0.6 is 11.8 Å². The molecule has 2 aromatic rings. The molecule has 118 valence electrons. The quantitative estimate of drug-likeness (QED) is 0.696. The van der Waals surface area contributed by atoms with Gasteiger partial charge < -0.3 is 4.74 Å². The lowest BCUT2D eigenvalue weighted by molar-refractivity contribution is -0.154. The molecule has 8 heteroatoms. The smallest absolute Gasteiger partial charge is 0.364 e. The van der Waals surface area contributed by atoms with Gasteiger partial charge in [-0.15, -0.1) is 0 Å². The number of nitrogens with zero attached hydrogens (tertiary/aromatic N) is 1. The fraction of sp³-hybridized carbons (Fsp3) is 0.133. The third-order valence-electron chi connectivity index (χ3n) is 3.13. The number of hydrogen-bond acceptors (Lipinski definition) is 3. The maximum absolute atomic E-state index is 13.5. The summed E-state index contributed by atoms with van der Waals surface area (Å²) >= 11 is -0.254. The van der Waals surface area contributed by atoms with E-state index in [1.165, 1.54) is 6.07 Å². The average molecular weight is 343 g/mol. The minimum atomic E-state index is -4.27. The average Bonchev–Trinajstić information content (AvgIpc) is 2.63. The minimum absolute atomic E-state index is 0.00796. The predicted octanol–water partition coefficient (Wildman–Crippen LogP) is 5.28. The number of thioether (sulfide) groups is 1. The third-order valence-corrected chi connectivity index (χ3v) is 4.20. The first-order valence-electron chi connectivity index (χ1n) is 6.21. The number of benzene rings is 2. The highest BCUT2D eigenvalue weighted by Crippen LogP contribution is 2.60. The Bertz CT molecular complexity index is 831. The molecule has 0 aromatic heterocycles. The van der Waals surface area contributed by atoms with Crippen molar-refractivity contribution in [3.8, 4) is 17.6 Å². The van der Waals surface area contributed by atoms with Gasteiger partial charge in [0.1, 0.15) is 17.3 Å². The highest BCUT2D eigenvalue weighted by atomic mass is 32.2. The maximum Gasteiger partial charge on any atom is 0.364 e. The second-order valence-corrected chi connectivity index (χ2v) is 5.90. The van der Waals surface area contributed by atoms with Gasteiger partial charge in [-0.3, -0.25) is 0 Å². The van der Waals surface area contributed by atoms with E-state index in [9.17, 15) is 22.0 Å². The molecular formula is C15H6F5NOS. The number of hydrogen-bond donors (Lipinski definition) is 0. The monoisotopic (exact) mass is 343 g/mol. The topological polar surface area (TPSA) is 33.0 Å². The van der Waals surface area contributed by atoms with Crippen LogP contribution in [0.5, 0.6) is 11.5 Å². The zero-order chi connectivity index (χ0) is 16.8. The molecule has 2 nitrogen and oxygen atoms in total. The van der Waals surface area contributed by atoms with Crippen molar-refractivity contribution in [2.75, 3.05) is 0 Å². The zero-order valence-corrected chi connectivity index (χ0v) is 11.9. The van der Waals surface area contributed by atoms with Crippen molar-refractivity contribution in [1.82, 2.24) is 0 Å². The fourth-order valence-electron chi connectivity index (χ4n) is 2.09. The van der Waals surface area contributed by atoms with Crippen molar-refractivity contribution in [1.29, 1.82) is 5.26 Å². The molecule has 0 atom stereocenters. The van der Waals surface area contributed by atoms with Gasteiger partial charge in [0.25, 0.3) is 0 Å². The molecule has 0 saturated heterocycles. The molecule has 0 radical (unpaired) electrons. The Morgan fingerprint density at radius 2 is 1.74 bits per heavy atom. The van der Waals surface area contributed by atoms with Gasteiger partial charge in [0, 0.05) is 16.5 Å². The van der Waals surface area contributed by atoms with E-state index >= 15 is 0 Å². The van der Waals surface area contributed by atoms with Gasteiger partial charge >= 0.3 is 11.2 Å². The van der Waals surface area contributed by atoms with Gasteiger partial charge in [-0.05, 0) is 42.1 Å². The lowest BCUT2D eigenvalue weighted by atomic mass is 10.1. The molecule has 0 bridgehead atoms. The molecule has 0 unspecified atom stereocenters. The van der Waals surface area contributed by atoms with Crippen LogP contribution in [0.25, 0.3) is 0 Å². The van der Waals surface area contributed by atoms with Crippen LogP contribution in [0, 0.1) is 17.1 Å². The number of nitriles is 1. The summed E-state index contributed by atoms with van der Waals surface area (Å²) in [6.45, 7) is 0. The number of alkyl halides is 4. The second kappa shape index (κ2) is 5.13. The molecule has 0 N–H and O–H groups in total. The van der Waals surface area contributed by atoms with Crippen LogP contribution in [-0.4, -0.2) is 5.25 Å². The van der Waals surface area contributed by atoms with Crippen molar-refractivity contribution in [3.05, 3.63) is 53.3 Å². The Balaban J connectivity index is 1.94. The molecule has 0 saturated carbocycles. The predicted molar refractivity (Wildman–Crippen MR) is 72.3 cm³/mol. The molecule has 0 aliphatic carbocycles. The Morgan fingerprint density at radius 3 is 2.43 bits per heavy atom. The van der Waals surface area contributed by atoms with Crippen LogP contribution in [0.3, 0.4) is 0 Å². The highest BCUT2D eigenvalue weighted by Gasteiger charge is 2.64. The number of fused-ring (bicyclic) bond motifs is 1. The minimum Gasteiger partial charge on any atom is -0.457 e. The number of halogens is 5. The van der Waals surface area contributed by atoms with E-state index in [1.54, 1.807) is 6.07 Å². The molecule has 3 rings (SSSR count). The SMILES string of the molecule is N#Cc1cc(F)cc(Oc2ccc3c(c2)SC(F)(F)C3(F)F)c1. The van der Waals surface area contributed by atoms with Crippen molar-refractivity contribution < 1.29 is 26.7 Å². The summed E-state index contributed by atoms with van der Waals surface area (Å²) in [6.07, 6.45) is 0. The first-order chi connectivity index (χ1) is 10.7. The van der Waals surface area contributed by atoms with E-state index in [-0.39, 0.29) is 33.7 Å².